The number of hydrogen-bond donors (Lipinski definition) is 0. The normalized spacial score (nSPS) is 16.3. The second-order valence-corrected chi connectivity index (χ2v) is 12.3. The third-order valence-corrected chi connectivity index (χ3v) is 9.10. The van der Waals surface area contributed by atoms with Crippen molar-refractivity contribution in [1.82, 2.24) is 14.1 Å². The fraction of sp³-hybridized carbons (Fsp3) is 0.0400. The van der Waals surface area contributed by atoms with Crippen molar-refractivity contribution in [3.63, 3.8) is 0 Å². The summed E-state index contributed by atoms with van der Waals surface area (Å²) in [4.78, 5) is 4.22. The van der Waals surface area contributed by atoms with Gasteiger partial charge in [-0.05, 0) is 70.3 Å². The first kappa shape index (κ1) is 20.4. The van der Waals surface area contributed by atoms with Gasteiger partial charge in [-0.25, -0.2) is 4.98 Å². The second-order valence-electron chi connectivity index (χ2n) is 12.3. The summed E-state index contributed by atoms with van der Waals surface area (Å²) in [5.41, 5.74) is 0.197. The fourth-order valence-corrected chi connectivity index (χ4v) is 6.73. The molecule has 10 rings (SSSR count). The third-order valence-electron chi connectivity index (χ3n) is 9.10. The number of imidazole rings is 1. The van der Waals surface area contributed by atoms with Gasteiger partial charge in [0.1, 0.15) is 5.82 Å². The molecule has 6 heteroatoms. The predicted molar refractivity (Wildman–Crippen MR) is 220 cm³/mol. The average Bonchev–Trinajstić information content (AvgIpc) is 3.90. The molecule has 0 aliphatic rings. The molecule has 10 aromatic rings. The summed E-state index contributed by atoms with van der Waals surface area (Å²) in [6, 6.07) is 26.9. The van der Waals surface area contributed by atoms with Gasteiger partial charge >= 0.3 is 0 Å². The van der Waals surface area contributed by atoms with Crippen LogP contribution in [0.4, 0.5) is 0 Å². The maximum absolute atomic E-state index is 9.09. The Kier molecular flexibility index (Phi) is 5.31. The van der Waals surface area contributed by atoms with Crippen LogP contribution in [-0.2, 0) is 21.1 Å². The van der Waals surface area contributed by atoms with Gasteiger partial charge in [0, 0.05) is 52.5 Å². The molecule has 0 spiro atoms. The van der Waals surface area contributed by atoms with Crippen molar-refractivity contribution in [2.24, 2.45) is 0 Å². The molecule has 0 aliphatic heterocycles. The maximum Gasteiger partial charge on any atom is 0.268 e. The standard InChI is InChI=1S/C50H34N4O.Pt/c1-34-29-49(51-32-35(34)2)54-45-24-10-9-21-43(45)44-28-27-40(31-48(44)54)55-39-20-13-19-38(30-39)52-33-53(47-26-12-11-25-46(47)52)50-41(36-15-5-3-6-16-36)22-14-23-42(50)37-17-7-4-8-18-37;/h3-29,32H,1-2H3;/q-2;/i1D3,2D3,3D,4D,5D,6D,7D,8D,15D,16D,17D,18D,29D,32D;. The van der Waals surface area contributed by atoms with E-state index in [4.69, 9.17) is 29.4 Å². The van der Waals surface area contributed by atoms with E-state index >= 15 is 0 Å². The largest absolute Gasteiger partial charge is 0.510 e. The molecule has 5 nitrogen and oxygen atoms in total. The summed E-state index contributed by atoms with van der Waals surface area (Å²) in [7, 11) is 0. The molecule has 0 atom stereocenters. The van der Waals surface area contributed by atoms with E-state index in [9.17, 15) is 0 Å². The molecule has 272 valence electrons. The first-order chi connectivity index (χ1) is 34.5. The Labute approximate surface area is 365 Å². The topological polar surface area (TPSA) is 35.9 Å². The third kappa shape index (κ3) is 6.11. The zero-order valence-corrected chi connectivity index (χ0v) is 31.0. The number of benzene rings is 7. The van der Waals surface area contributed by atoms with Crippen LogP contribution in [0.3, 0.4) is 0 Å². The van der Waals surface area contributed by atoms with Crippen LogP contribution in [0.5, 0.6) is 11.5 Å². The molecule has 0 amide bonds. The molecule has 0 N–H and O–H groups in total. The number of ether oxygens (including phenoxy) is 1. The number of pyridine rings is 1. The molecule has 0 fully saturated rings. The van der Waals surface area contributed by atoms with Crippen molar-refractivity contribution in [3.05, 3.63) is 199 Å². The monoisotopic (exact) mass is 919 g/mol. The maximum atomic E-state index is 9.09. The summed E-state index contributed by atoms with van der Waals surface area (Å²) >= 11 is 0. The van der Waals surface area contributed by atoms with E-state index in [1.165, 1.54) is 27.3 Å². The summed E-state index contributed by atoms with van der Waals surface area (Å²) in [5.74, 6) is -0.0132. The van der Waals surface area contributed by atoms with Crippen LogP contribution in [0.2, 0.25) is 0 Å². The van der Waals surface area contributed by atoms with Gasteiger partial charge in [-0.1, -0.05) is 127 Å². The molecule has 0 saturated heterocycles. The Bertz CT molecular complexity index is 3830. The average molecular weight is 920 g/mol. The SMILES string of the molecule is [2H]c1nc(-n2c3[c-]c(Oc4[c-]c(-n5[c-][n+](-c6c(-c7c([2H])c([2H])c([2H])c([2H])c7[2H])cccc6-c6c([2H])c([2H])c([2H])c([2H])c6[2H])c6ccccc65)ccc4)ccc3c3ccccc32)c([2H])c(C([2H])([2H])[2H])c1C([2H])([2H])[2H].[Pt]. The van der Waals surface area contributed by atoms with Crippen LogP contribution in [0, 0.1) is 32.2 Å². The van der Waals surface area contributed by atoms with Crippen molar-refractivity contribution in [1.29, 1.82) is 0 Å². The van der Waals surface area contributed by atoms with Crippen molar-refractivity contribution < 1.29 is 55.0 Å². The molecule has 3 heterocycles. The van der Waals surface area contributed by atoms with Gasteiger partial charge in [0.2, 0.25) is 0 Å². The smallest absolute Gasteiger partial charge is 0.268 e. The van der Waals surface area contributed by atoms with Crippen LogP contribution >= 0.6 is 0 Å². The predicted octanol–water partition coefficient (Wildman–Crippen LogP) is 11.5. The van der Waals surface area contributed by atoms with E-state index in [0.29, 0.717) is 33.0 Å². The molecule has 0 aliphatic carbocycles. The summed E-state index contributed by atoms with van der Waals surface area (Å²) in [6.07, 6.45) is 2.49. The minimum Gasteiger partial charge on any atom is -0.510 e. The minimum atomic E-state index is -3.09. The number of fused-ring (bicyclic) bond motifs is 4. The Balaban J connectivity index is 0.00000672. The van der Waals surface area contributed by atoms with Crippen LogP contribution in [0.1, 0.15) is 35.8 Å². The van der Waals surface area contributed by atoms with Crippen LogP contribution in [0.15, 0.2) is 170 Å². The number of nitrogens with zero attached hydrogens (tertiary/aromatic N) is 4. The van der Waals surface area contributed by atoms with E-state index in [0.717, 1.165) is 0 Å². The van der Waals surface area contributed by atoms with Gasteiger partial charge in [0.15, 0.2) is 0 Å². The van der Waals surface area contributed by atoms with Gasteiger partial charge in [0.25, 0.3) is 6.33 Å². The van der Waals surface area contributed by atoms with Gasteiger partial charge in [-0.2, -0.15) is 18.2 Å². The van der Waals surface area contributed by atoms with Crippen molar-refractivity contribution in [3.8, 4) is 50.9 Å². The second kappa shape index (κ2) is 14.6. The fourth-order valence-electron chi connectivity index (χ4n) is 6.73. The Hall–Kier alpha value is -6.55. The zero-order chi connectivity index (χ0) is 52.3. The minimum absolute atomic E-state index is 0. The summed E-state index contributed by atoms with van der Waals surface area (Å²) < 4.78 is 164. The van der Waals surface area contributed by atoms with E-state index in [1.807, 2.05) is 0 Å². The summed E-state index contributed by atoms with van der Waals surface area (Å²) in [6.45, 7) is -6.14. The number of para-hydroxylation sites is 4. The summed E-state index contributed by atoms with van der Waals surface area (Å²) in [5, 5.41) is 1.25. The van der Waals surface area contributed by atoms with E-state index in [-0.39, 0.29) is 71.8 Å². The van der Waals surface area contributed by atoms with Gasteiger partial charge in [-0.15, -0.1) is 29.7 Å². The van der Waals surface area contributed by atoms with Crippen molar-refractivity contribution >= 4 is 32.8 Å². The van der Waals surface area contributed by atoms with Crippen LogP contribution < -0.4 is 9.30 Å². The molecular formula is C50H34N4OPt-2. The van der Waals surface area contributed by atoms with E-state index in [2.05, 4.69) is 23.4 Å². The Morgan fingerprint density at radius 1 is 0.661 bits per heavy atom. The number of hydrogen-bond acceptors (Lipinski definition) is 2. The van der Waals surface area contributed by atoms with Gasteiger partial charge < -0.3 is 13.9 Å². The zero-order valence-electron chi connectivity index (χ0n) is 46.8. The van der Waals surface area contributed by atoms with Crippen LogP contribution in [0.25, 0.3) is 72.3 Å². The quantitative estimate of drug-likeness (QED) is 0.118. The van der Waals surface area contributed by atoms with Gasteiger partial charge in [-0.3, -0.25) is 4.57 Å². The van der Waals surface area contributed by atoms with E-state index < -0.39 is 97.5 Å². The first-order valence-electron chi connectivity index (χ1n) is 25.9. The van der Waals surface area contributed by atoms with E-state index in [1.54, 1.807) is 83.4 Å². The molecule has 7 aromatic carbocycles. The van der Waals surface area contributed by atoms with Crippen LogP contribution in [-0.4, -0.2) is 14.1 Å². The van der Waals surface area contributed by atoms with Crippen molar-refractivity contribution in [2.75, 3.05) is 0 Å². The van der Waals surface area contributed by atoms with Crippen molar-refractivity contribution in [2.45, 2.75) is 13.7 Å². The first-order valence-corrected chi connectivity index (χ1v) is 16.9. The molecule has 3 aromatic heterocycles. The number of aromatic nitrogens is 4. The molecular weight excluding hydrogens is 868 g/mol. The van der Waals surface area contributed by atoms with Gasteiger partial charge in [0.05, 0.1) is 33.2 Å². The molecule has 0 radical (unpaired) electrons. The molecule has 0 bridgehead atoms. The molecule has 0 saturated carbocycles. The Morgan fingerprint density at radius 3 is 2.09 bits per heavy atom. The number of rotatable bonds is 7. The Morgan fingerprint density at radius 2 is 1.34 bits per heavy atom. The molecule has 56 heavy (non-hydrogen) atoms. The molecule has 0 unspecified atom stereocenters.